The lowest BCUT2D eigenvalue weighted by Crippen LogP contribution is -2.32. The predicted octanol–water partition coefficient (Wildman–Crippen LogP) is 4.40. The van der Waals surface area contributed by atoms with Gasteiger partial charge < -0.3 is 0 Å². The van der Waals surface area contributed by atoms with Crippen LogP contribution in [-0.4, -0.2) is 6.18 Å². The Morgan fingerprint density at radius 1 is 0.786 bits per heavy atom. The highest BCUT2D eigenvalue weighted by molar-refractivity contribution is 4.82. The smallest absolute Gasteiger partial charge is 0.171 e. The number of alkyl halides is 3. The molecule has 1 aliphatic rings. The maximum Gasteiger partial charge on any atom is 0.391 e. The van der Waals surface area contributed by atoms with E-state index in [0.717, 1.165) is 12.8 Å². The van der Waals surface area contributed by atoms with E-state index in [2.05, 4.69) is 20.8 Å². The van der Waals surface area contributed by atoms with Gasteiger partial charge in [-0.15, -0.1) is 0 Å². The molecule has 0 aromatic heterocycles. The molecule has 0 aromatic rings. The number of halogens is 3. The quantitative estimate of drug-likeness (QED) is 0.553. The van der Waals surface area contributed by atoms with E-state index in [9.17, 15) is 13.2 Å². The van der Waals surface area contributed by atoms with Gasteiger partial charge in [0.25, 0.3) is 0 Å². The first-order valence-electron chi connectivity index (χ1n) is 5.28. The van der Waals surface area contributed by atoms with Crippen LogP contribution in [0.1, 0.15) is 46.5 Å². The topological polar surface area (TPSA) is 0 Å². The van der Waals surface area contributed by atoms with Crippen molar-refractivity contribution in [3.8, 4) is 0 Å². The lowest BCUT2D eigenvalue weighted by molar-refractivity contribution is -0.185. The Kier molecular flexibility index (Phi) is 3.17. The van der Waals surface area contributed by atoms with Crippen molar-refractivity contribution in [1.82, 2.24) is 0 Å². The molecule has 1 aliphatic carbocycles. The summed E-state index contributed by atoms with van der Waals surface area (Å²) >= 11 is 0. The van der Waals surface area contributed by atoms with Crippen LogP contribution in [0.3, 0.4) is 0 Å². The fourth-order valence-electron chi connectivity index (χ4n) is 2.29. The lowest BCUT2D eigenvalue weighted by Gasteiger charge is -2.37. The van der Waals surface area contributed by atoms with E-state index in [1.165, 1.54) is 0 Å². The molecule has 0 spiro atoms. The highest BCUT2D eigenvalue weighted by Gasteiger charge is 2.42. The normalized spacial score (nSPS) is 30.4. The van der Waals surface area contributed by atoms with Gasteiger partial charge >= 0.3 is 6.18 Å². The van der Waals surface area contributed by atoms with Gasteiger partial charge in [-0.25, -0.2) is 0 Å². The van der Waals surface area contributed by atoms with Gasteiger partial charge in [0.1, 0.15) is 0 Å². The molecule has 84 valence electrons. The zero-order valence-corrected chi connectivity index (χ0v) is 9.12. The van der Waals surface area contributed by atoms with Crippen molar-refractivity contribution in [3.63, 3.8) is 0 Å². The molecular formula is C11H19F3. The molecule has 0 amide bonds. The average Bonchev–Trinajstić information content (AvgIpc) is 2.01. The zero-order chi connectivity index (χ0) is 11.0. The summed E-state index contributed by atoms with van der Waals surface area (Å²) in [6, 6.07) is 0. The van der Waals surface area contributed by atoms with Crippen LogP contribution in [-0.2, 0) is 0 Å². The van der Waals surface area contributed by atoms with E-state index in [0.29, 0.717) is 18.8 Å². The van der Waals surface area contributed by atoms with E-state index in [1.807, 2.05) is 0 Å². The minimum atomic E-state index is -3.97. The van der Waals surface area contributed by atoms with Crippen molar-refractivity contribution < 1.29 is 13.2 Å². The van der Waals surface area contributed by atoms with Gasteiger partial charge in [0.2, 0.25) is 0 Å². The third kappa shape index (κ3) is 2.89. The summed E-state index contributed by atoms with van der Waals surface area (Å²) in [5, 5.41) is 0. The summed E-state index contributed by atoms with van der Waals surface area (Å²) in [4.78, 5) is 0. The largest absolute Gasteiger partial charge is 0.391 e. The molecule has 0 bridgehead atoms. The Bertz CT molecular complexity index is 158. The van der Waals surface area contributed by atoms with Crippen LogP contribution in [0.4, 0.5) is 13.2 Å². The molecule has 1 rings (SSSR count). The summed E-state index contributed by atoms with van der Waals surface area (Å²) in [5.74, 6) is -0.581. The Labute approximate surface area is 83.9 Å². The highest BCUT2D eigenvalue weighted by Crippen LogP contribution is 2.44. The maximum absolute atomic E-state index is 12.4. The fourth-order valence-corrected chi connectivity index (χ4v) is 2.29. The second-order valence-corrected chi connectivity index (χ2v) is 5.46. The number of hydrogen-bond acceptors (Lipinski definition) is 0. The molecule has 0 nitrogen and oxygen atoms in total. The van der Waals surface area contributed by atoms with Gasteiger partial charge in [-0.3, -0.25) is 0 Å². The van der Waals surface area contributed by atoms with Gasteiger partial charge in [-0.2, -0.15) is 13.2 Å². The molecular weight excluding hydrogens is 189 g/mol. The van der Waals surface area contributed by atoms with Crippen LogP contribution in [0.2, 0.25) is 0 Å². The predicted molar refractivity (Wildman–Crippen MR) is 51.0 cm³/mol. The summed E-state index contributed by atoms with van der Waals surface area (Å²) < 4.78 is 37.1. The monoisotopic (exact) mass is 208 g/mol. The van der Waals surface area contributed by atoms with Crippen LogP contribution >= 0.6 is 0 Å². The second-order valence-electron chi connectivity index (χ2n) is 5.46. The first kappa shape index (κ1) is 11.9. The summed E-state index contributed by atoms with van der Waals surface area (Å²) in [6.07, 6.45) is -1.86. The van der Waals surface area contributed by atoms with Crippen LogP contribution in [0.15, 0.2) is 0 Å². The van der Waals surface area contributed by atoms with Crippen molar-refractivity contribution in [2.24, 2.45) is 17.3 Å². The SMILES string of the molecule is CC(C)(C)[C@H]1CC[C@H](C(F)(F)F)CC1. The molecule has 0 aromatic carbocycles. The lowest BCUT2D eigenvalue weighted by atomic mass is 9.70. The Morgan fingerprint density at radius 2 is 1.14 bits per heavy atom. The zero-order valence-electron chi connectivity index (χ0n) is 9.12. The maximum atomic E-state index is 12.4. The van der Waals surface area contributed by atoms with E-state index >= 15 is 0 Å². The number of rotatable bonds is 0. The van der Waals surface area contributed by atoms with Crippen LogP contribution in [0.25, 0.3) is 0 Å². The van der Waals surface area contributed by atoms with Crippen molar-refractivity contribution in [2.45, 2.75) is 52.6 Å². The summed E-state index contributed by atoms with van der Waals surface area (Å²) in [5.41, 5.74) is 0.163. The molecule has 0 aliphatic heterocycles. The minimum absolute atomic E-state index is 0.163. The Morgan fingerprint density at radius 3 is 1.43 bits per heavy atom. The molecule has 0 unspecified atom stereocenters. The second kappa shape index (κ2) is 3.74. The third-order valence-electron chi connectivity index (χ3n) is 3.41. The molecule has 3 heteroatoms. The van der Waals surface area contributed by atoms with E-state index < -0.39 is 12.1 Å². The van der Waals surface area contributed by atoms with Crippen molar-refractivity contribution in [1.29, 1.82) is 0 Å². The Hall–Kier alpha value is -0.210. The van der Waals surface area contributed by atoms with Crippen LogP contribution < -0.4 is 0 Å². The molecule has 0 saturated heterocycles. The summed E-state index contributed by atoms with van der Waals surface area (Å²) in [7, 11) is 0. The average molecular weight is 208 g/mol. The van der Waals surface area contributed by atoms with Crippen molar-refractivity contribution >= 4 is 0 Å². The van der Waals surface area contributed by atoms with Gasteiger partial charge in [0.05, 0.1) is 5.92 Å². The fraction of sp³-hybridized carbons (Fsp3) is 1.00. The highest BCUT2D eigenvalue weighted by atomic mass is 19.4. The molecule has 0 N–H and O–H groups in total. The van der Waals surface area contributed by atoms with E-state index in [4.69, 9.17) is 0 Å². The van der Waals surface area contributed by atoms with Gasteiger partial charge in [-0.05, 0) is 37.0 Å². The standard InChI is InChI=1S/C11H19F3/c1-10(2,3)8-4-6-9(7-5-8)11(12,13)14/h8-9H,4-7H2,1-3H3/t8-,9-. The summed E-state index contributed by atoms with van der Waals surface area (Å²) in [6.45, 7) is 6.35. The third-order valence-corrected chi connectivity index (χ3v) is 3.41. The van der Waals surface area contributed by atoms with Crippen LogP contribution in [0, 0.1) is 17.3 Å². The first-order chi connectivity index (χ1) is 6.21. The minimum Gasteiger partial charge on any atom is -0.171 e. The first-order valence-corrected chi connectivity index (χ1v) is 5.28. The van der Waals surface area contributed by atoms with Gasteiger partial charge in [0.15, 0.2) is 0 Å². The molecule has 0 radical (unpaired) electrons. The Balaban J connectivity index is 2.47. The molecule has 14 heavy (non-hydrogen) atoms. The van der Waals surface area contributed by atoms with Gasteiger partial charge in [0, 0.05) is 0 Å². The van der Waals surface area contributed by atoms with E-state index in [1.54, 1.807) is 0 Å². The van der Waals surface area contributed by atoms with Crippen LogP contribution in [0.5, 0.6) is 0 Å². The van der Waals surface area contributed by atoms with Crippen molar-refractivity contribution in [3.05, 3.63) is 0 Å². The van der Waals surface area contributed by atoms with Gasteiger partial charge in [-0.1, -0.05) is 20.8 Å². The van der Waals surface area contributed by atoms with E-state index in [-0.39, 0.29) is 5.41 Å². The van der Waals surface area contributed by atoms with Crippen molar-refractivity contribution in [2.75, 3.05) is 0 Å². The molecule has 1 saturated carbocycles. The number of hydrogen-bond donors (Lipinski definition) is 0. The molecule has 0 atom stereocenters. The molecule has 0 heterocycles. The molecule has 1 fully saturated rings.